The lowest BCUT2D eigenvalue weighted by Crippen LogP contribution is -2.28. The number of rotatable bonds is 2. The predicted octanol–water partition coefficient (Wildman–Crippen LogP) is 1.91. The number of hydrogen-bond acceptors (Lipinski definition) is 5. The lowest BCUT2D eigenvalue weighted by atomic mass is 10.1. The third kappa shape index (κ3) is 2.14. The van der Waals surface area contributed by atoms with E-state index in [2.05, 4.69) is 10.1 Å². The van der Waals surface area contributed by atoms with Crippen molar-refractivity contribution < 1.29 is 13.7 Å². The van der Waals surface area contributed by atoms with Crippen LogP contribution in [0.3, 0.4) is 0 Å². The van der Waals surface area contributed by atoms with E-state index in [0.717, 1.165) is 12.0 Å². The van der Waals surface area contributed by atoms with Crippen LogP contribution in [-0.4, -0.2) is 34.0 Å². The summed E-state index contributed by atoms with van der Waals surface area (Å²) in [5.74, 6) is 1.72. The minimum atomic E-state index is -0.0683. The molecule has 0 N–H and O–H groups in total. The van der Waals surface area contributed by atoms with Gasteiger partial charge in [-0.3, -0.25) is 4.79 Å². The van der Waals surface area contributed by atoms with Crippen molar-refractivity contribution in [3.8, 4) is 0 Å². The fourth-order valence-electron chi connectivity index (χ4n) is 2.36. The fourth-order valence-corrected chi connectivity index (χ4v) is 2.36. The van der Waals surface area contributed by atoms with Gasteiger partial charge in [0.2, 0.25) is 5.89 Å². The predicted molar refractivity (Wildman–Crippen MR) is 65.7 cm³/mol. The highest BCUT2D eigenvalue weighted by Crippen LogP contribution is 2.27. The van der Waals surface area contributed by atoms with Crippen LogP contribution in [0, 0.1) is 13.8 Å². The van der Waals surface area contributed by atoms with Gasteiger partial charge in [0.05, 0.1) is 12.2 Å². The van der Waals surface area contributed by atoms with Gasteiger partial charge >= 0.3 is 0 Å². The first-order valence-electron chi connectivity index (χ1n) is 6.28. The number of nitrogens with zero attached hydrogens (tertiary/aromatic N) is 3. The van der Waals surface area contributed by atoms with Crippen molar-refractivity contribution in [2.24, 2.45) is 0 Å². The minimum absolute atomic E-state index is 0.0683. The summed E-state index contributed by atoms with van der Waals surface area (Å²) >= 11 is 0. The number of hydrogen-bond donors (Lipinski definition) is 0. The first-order valence-corrected chi connectivity index (χ1v) is 6.28. The van der Waals surface area contributed by atoms with Gasteiger partial charge in [-0.1, -0.05) is 5.16 Å². The van der Waals surface area contributed by atoms with E-state index in [4.69, 9.17) is 8.94 Å². The van der Waals surface area contributed by atoms with E-state index >= 15 is 0 Å². The number of aryl methyl sites for hydroxylation is 2. The Kier molecular flexibility index (Phi) is 2.85. The van der Waals surface area contributed by atoms with Crippen LogP contribution in [0.25, 0.3) is 0 Å². The van der Waals surface area contributed by atoms with Crippen LogP contribution < -0.4 is 0 Å². The molecule has 19 heavy (non-hydrogen) atoms. The molecule has 0 aliphatic carbocycles. The number of carbonyl (C=O) groups excluding carboxylic acids is 1. The Hall–Kier alpha value is -2.11. The van der Waals surface area contributed by atoms with Gasteiger partial charge in [-0.25, -0.2) is 0 Å². The summed E-state index contributed by atoms with van der Waals surface area (Å²) < 4.78 is 10.4. The van der Waals surface area contributed by atoms with Crippen LogP contribution in [-0.2, 0) is 0 Å². The van der Waals surface area contributed by atoms with Gasteiger partial charge in [0.25, 0.3) is 5.91 Å². The van der Waals surface area contributed by atoms with Crippen molar-refractivity contribution in [3.05, 3.63) is 35.4 Å². The zero-order chi connectivity index (χ0) is 13.4. The molecule has 2 aromatic rings. The molecule has 1 saturated heterocycles. The van der Waals surface area contributed by atoms with Gasteiger partial charge in [-0.05, 0) is 26.3 Å². The summed E-state index contributed by atoms with van der Waals surface area (Å²) in [4.78, 5) is 18.3. The molecular formula is C13H15N3O3. The highest BCUT2D eigenvalue weighted by Gasteiger charge is 2.32. The van der Waals surface area contributed by atoms with Crippen molar-refractivity contribution >= 4 is 5.91 Å². The lowest BCUT2D eigenvalue weighted by Gasteiger charge is -2.14. The van der Waals surface area contributed by atoms with Crippen LogP contribution in [0.1, 0.15) is 40.2 Å². The SMILES string of the molecule is Cc1noc([C@H]2CCN(C(=O)c3occc3C)C2)n1. The molecule has 6 heteroatoms. The summed E-state index contributed by atoms with van der Waals surface area (Å²) in [6, 6.07) is 1.79. The molecule has 0 bridgehead atoms. The monoisotopic (exact) mass is 261 g/mol. The summed E-state index contributed by atoms with van der Waals surface area (Å²) in [7, 11) is 0. The Bertz CT molecular complexity index is 602. The van der Waals surface area contributed by atoms with E-state index < -0.39 is 0 Å². The zero-order valence-corrected chi connectivity index (χ0v) is 10.9. The molecule has 3 heterocycles. The molecule has 0 radical (unpaired) electrons. The number of aromatic nitrogens is 2. The van der Waals surface area contributed by atoms with Crippen molar-refractivity contribution in [2.75, 3.05) is 13.1 Å². The number of likely N-dealkylation sites (tertiary alicyclic amines) is 1. The van der Waals surface area contributed by atoms with Crippen LogP contribution in [0.15, 0.2) is 21.3 Å². The minimum Gasteiger partial charge on any atom is -0.459 e. The Morgan fingerprint density at radius 1 is 1.47 bits per heavy atom. The largest absolute Gasteiger partial charge is 0.459 e. The highest BCUT2D eigenvalue weighted by molar-refractivity contribution is 5.93. The summed E-state index contributed by atoms with van der Waals surface area (Å²) in [5, 5.41) is 3.79. The van der Waals surface area contributed by atoms with Crippen LogP contribution >= 0.6 is 0 Å². The van der Waals surface area contributed by atoms with Crippen molar-refractivity contribution in [1.82, 2.24) is 15.0 Å². The number of carbonyl (C=O) groups is 1. The second-order valence-corrected chi connectivity index (χ2v) is 4.85. The Morgan fingerprint density at radius 3 is 2.95 bits per heavy atom. The molecule has 1 fully saturated rings. The van der Waals surface area contributed by atoms with Crippen molar-refractivity contribution in [3.63, 3.8) is 0 Å². The molecule has 2 aromatic heterocycles. The van der Waals surface area contributed by atoms with Gasteiger partial charge < -0.3 is 13.8 Å². The average Bonchev–Trinajstić information content (AvgIpc) is 3.07. The van der Waals surface area contributed by atoms with E-state index in [0.29, 0.717) is 30.6 Å². The molecule has 1 aliphatic rings. The summed E-state index contributed by atoms with van der Waals surface area (Å²) in [5.41, 5.74) is 0.863. The van der Waals surface area contributed by atoms with Crippen molar-refractivity contribution in [2.45, 2.75) is 26.2 Å². The number of amides is 1. The van der Waals surface area contributed by atoms with Gasteiger partial charge in [0.1, 0.15) is 0 Å². The summed E-state index contributed by atoms with van der Waals surface area (Å²) in [6.45, 7) is 4.94. The van der Waals surface area contributed by atoms with Gasteiger partial charge in [-0.2, -0.15) is 4.98 Å². The Labute approximate surface area is 110 Å². The normalized spacial score (nSPS) is 19.1. The first-order chi connectivity index (χ1) is 9.15. The molecule has 1 aliphatic heterocycles. The first kappa shape index (κ1) is 12.0. The molecule has 0 aromatic carbocycles. The molecule has 6 nitrogen and oxygen atoms in total. The van der Waals surface area contributed by atoms with E-state index in [1.165, 1.54) is 6.26 Å². The number of furan rings is 1. The third-order valence-electron chi connectivity index (χ3n) is 3.42. The van der Waals surface area contributed by atoms with Crippen LogP contribution in [0.2, 0.25) is 0 Å². The molecular weight excluding hydrogens is 246 g/mol. The molecule has 1 atom stereocenters. The molecule has 0 unspecified atom stereocenters. The smallest absolute Gasteiger partial charge is 0.289 e. The maximum Gasteiger partial charge on any atom is 0.289 e. The molecule has 0 spiro atoms. The fraction of sp³-hybridized carbons (Fsp3) is 0.462. The maximum atomic E-state index is 12.3. The van der Waals surface area contributed by atoms with Crippen LogP contribution in [0.5, 0.6) is 0 Å². The third-order valence-corrected chi connectivity index (χ3v) is 3.42. The summed E-state index contributed by atoms with van der Waals surface area (Å²) in [6.07, 6.45) is 2.38. The van der Waals surface area contributed by atoms with E-state index in [1.54, 1.807) is 17.9 Å². The molecule has 3 rings (SSSR count). The van der Waals surface area contributed by atoms with Gasteiger partial charge in [-0.15, -0.1) is 0 Å². The van der Waals surface area contributed by atoms with Crippen molar-refractivity contribution in [1.29, 1.82) is 0 Å². The maximum absolute atomic E-state index is 12.3. The Balaban J connectivity index is 1.72. The average molecular weight is 261 g/mol. The highest BCUT2D eigenvalue weighted by atomic mass is 16.5. The standard InChI is InChI=1S/C13H15N3O3/c1-8-4-6-18-11(8)13(17)16-5-3-10(7-16)12-14-9(2)15-19-12/h4,6,10H,3,5,7H2,1-2H3/t10-/m0/s1. The lowest BCUT2D eigenvalue weighted by molar-refractivity contribution is 0.0757. The quantitative estimate of drug-likeness (QED) is 0.825. The van der Waals surface area contributed by atoms with E-state index in [-0.39, 0.29) is 11.8 Å². The van der Waals surface area contributed by atoms with Gasteiger partial charge in [0.15, 0.2) is 11.6 Å². The Morgan fingerprint density at radius 2 is 2.32 bits per heavy atom. The second-order valence-electron chi connectivity index (χ2n) is 4.85. The molecule has 100 valence electrons. The van der Waals surface area contributed by atoms with E-state index in [9.17, 15) is 4.79 Å². The molecule has 1 amide bonds. The van der Waals surface area contributed by atoms with E-state index in [1.807, 2.05) is 6.92 Å². The van der Waals surface area contributed by atoms with Gasteiger partial charge in [0, 0.05) is 18.7 Å². The molecule has 0 saturated carbocycles. The van der Waals surface area contributed by atoms with Crippen LogP contribution in [0.4, 0.5) is 0 Å². The topological polar surface area (TPSA) is 72.4 Å². The second kappa shape index (κ2) is 4.53. The zero-order valence-electron chi connectivity index (χ0n) is 10.9.